The highest BCUT2D eigenvalue weighted by Crippen LogP contribution is 2.29. The molecule has 0 bridgehead atoms. The van der Waals surface area contributed by atoms with E-state index >= 15 is 0 Å². The molecule has 1 aromatic heterocycles. The molecule has 0 nitrogen and oxygen atoms in total. The van der Waals surface area contributed by atoms with E-state index in [4.69, 9.17) is 11.6 Å². The van der Waals surface area contributed by atoms with Crippen LogP contribution in [0.1, 0.15) is 6.92 Å². The minimum atomic E-state index is 0.868. The van der Waals surface area contributed by atoms with Gasteiger partial charge in [0.25, 0.3) is 0 Å². The average molecular weight is 205 g/mol. The molecular weight excluding hydrogens is 196 g/mol. The van der Waals surface area contributed by atoms with Gasteiger partial charge in [-0.25, -0.2) is 0 Å². The Morgan fingerprint density at radius 2 is 2.45 bits per heavy atom. The second-order valence-corrected chi connectivity index (χ2v) is 4.97. The summed E-state index contributed by atoms with van der Waals surface area (Å²) in [7, 11) is 0. The molecule has 0 fully saturated rings. The highest BCUT2D eigenvalue weighted by Gasteiger charge is 1.95. The van der Waals surface area contributed by atoms with Gasteiger partial charge in [-0.05, 0) is 19.1 Å². The third-order valence-corrected chi connectivity index (χ3v) is 3.52. The highest BCUT2D eigenvalue weighted by molar-refractivity contribution is 8.01. The number of rotatable bonds is 3. The van der Waals surface area contributed by atoms with Gasteiger partial charge < -0.3 is 0 Å². The Morgan fingerprint density at radius 3 is 3.00 bits per heavy atom. The molecular formula is C8H9ClS2. The summed E-state index contributed by atoms with van der Waals surface area (Å²) in [6.07, 6.45) is 4.19. The van der Waals surface area contributed by atoms with Gasteiger partial charge in [-0.3, -0.25) is 0 Å². The Hall–Kier alpha value is 0.0800. The van der Waals surface area contributed by atoms with E-state index in [1.165, 1.54) is 4.21 Å². The largest absolute Gasteiger partial charge is 0.117 e. The van der Waals surface area contributed by atoms with Crippen LogP contribution in [0.25, 0.3) is 0 Å². The van der Waals surface area contributed by atoms with Gasteiger partial charge in [-0.1, -0.05) is 23.8 Å². The molecule has 0 aliphatic heterocycles. The maximum Gasteiger partial charge on any atom is 0.0940 e. The Bertz CT molecular complexity index is 240. The summed E-state index contributed by atoms with van der Waals surface area (Å²) in [5.74, 6) is 1.04. The van der Waals surface area contributed by atoms with Crippen LogP contribution < -0.4 is 0 Å². The predicted molar refractivity (Wildman–Crippen MR) is 54.9 cm³/mol. The first-order valence-corrected chi connectivity index (χ1v) is 5.50. The number of hydrogen-bond acceptors (Lipinski definition) is 2. The number of thiophene rings is 1. The number of thioether (sulfide) groups is 1. The van der Waals surface area contributed by atoms with Gasteiger partial charge in [0.1, 0.15) is 0 Å². The quantitative estimate of drug-likeness (QED) is 0.529. The molecule has 1 aromatic rings. The van der Waals surface area contributed by atoms with E-state index in [0.717, 1.165) is 10.1 Å². The molecule has 0 radical (unpaired) electrons. The van der Waals surface area contributed by atoms with E-state index < -0.39 is 0 Å². The summed E-state index contributed by atoms with van der Waals surface area (Å²) in [5, 5.41) is 0. The van der Waals surface area contributed by atoms with Gasteiger partial charge in [-0.15, -0.1) is 23.1 Å². The Morgan fingerprint density at radius 1 is 1.64 bits per heavy atom. The lowest BCUT2D eigenvalue weighted by molar-refractivity contribution is 1.63. The summed E-state index contributed by atoms with van der Waals surface area (Å²) in [5.41, 5.74) is 0. The average Bonchev–Trinajstić information content (AvgIpc) is 2.37. The van der Waals surface area contributed by atoms with Gasteiger partial charge in [0, 0.05) is 5.75 Å². The van der Waals surface area contributed by atoms with Crippen LogP contribution in [0, 0.1) is 0 Å². The maximum atomic E-state index is 5.76. The van der Waals surface area contributed by atoms with Crippen molar-refractivity contribution in [1.82, 2.24) is 0 Å². The van der Waals surface area contributed by atoms with Crippen LogP contribution in [0.5, 0.6) is 0 Å². The SMILES string of the molecule is CC=CCSc1ccc(Cl)s1. The summed E-state index contributed by atoms with van der Waals surface area (Å²) in [6.45, 7) is 2.03. The standard InChI is InChI=1S/C8H9ClS2/c1-2-3-6-10-8-5-4-7(9)11-8/h2-5H,6H2,1H3. The number of halogens is 1. The molecule has 0 amide bonds. The van der Waals surface area contributed by atoms with Crippen LogP contribution >= 0.6 is 34.7 Å². The lowest BCUT2D eigenvalue weighted by Crippen LogP contribution is -1.65. The lowest BCUT2D eigenvalue weighted by Gasteiger charge is -1.88. The van der Waals surface area contributed by atoms with Crippen molar-refractivity contribution in [2.24, 2.45) is 0 Å². The molecule has 0 aromatic carbocycles. The summed E-state index contributed by atoms with van der Waals surface area (Å²) < 4.78 is 2.15. The zero-order valence-electron chi connectivity index (χ0n) is 6.21. The molecule has 3 heteroatoms. The second kappa shape index (κ2) is 4.86. The van der Waals surface area contributed by atoms with E-state index in [2.05, 4.69) is 18.2 Å². The maximum absolute atomic E-state index is 5.76. The molecule has 60 valence electrons. The molecule has 1 heterocycles. The van der Waals surface area contributed by atoms with Gasteiger partial charge >= 0.3 is 0 Å². The van der Waals surface area contributed by atoms with Gasteiger partial charge in [-0.2, -0.15) is 0 Å². The van der Waals surface area contributed by atoms with E-state index in [1.807, 2.05) is 24.8 Å². The lowest BCUT2D eigenvalue weighted by atomic mass is 10.6. The summed E-state index contributed by atoms with van der Waals surface area (Å²) in [6, 6.07) is 3.99. The van der Waals surface area contributed by atoms with Crippen molar-refractivity contribution in [1.29, 1.82) is 0 Å². The zero-order chi connectivity index (χ0) is 8.10. The van der Waals surface area contributed by atoms with Crippen LogP contribution in [-0.2, 0) is 0 Å². The summed E-state index contributed by atoms with van der Waals surface area (Å²) >= 11 is 9.21. The first-order valence-electron chi connectivity index (χ1n) is 3.32. The van der Waals surface area contributed by atoms with Gasteiger partial charge in [0.05, 0.1) is 8.55 Å². The molecule has 0 atom stereocenters. The third-order valence-electron chi connectivity index (χ3n) is 1.11. The van der Waals surface area contributed by atoms with Gasteiger partial charge in [0.2, 0.25) is 0 Å². The fraction of sp³-hybridized carbons (Fsp3) is 0.250. The first kappa shape index (κ1) is 9.17. The molecule has 1 rings (SSSR count). The minimum Gasteiger partial charge on any atom is -0.117 e. The van der Waals surface area contributed by atoms with E-state index in [0.29, 0.717) is 0 Å². The third kappa shape index (κ3) is 3.32. The molecule has 0 N–H and O–H groups in total. The predicted octanol–water partition coefficient (Wildman–Crippen LogP) is 4.07. The van der Waals surface area contributed by atoms with Crippen LogP contribution in [0.4, 0.5) is 0 Å². The fourth-order valence-corrected chi connectivity index (χ4v) is 2.84. The fourth-order valence-electron chi connectivity index (χ4n) is 0.602. The van der Waals surface area contributed by atoms with E-state index in [1.54, 1.807) is 11.3 Å². The van der Waals surface area contributed by atoms with Gasteiger partial charge in [0.15, 0.2) is 0 Å². The topological polar surface area (TPSA) is 0 Å². The Balaban J connectivity index is 2.38. The molecule has 11 heavy (non-hydrogen) atoms. The number of hydrogen-bond donors (Lipinski definition) is 0. The molecule has 0 saturated carbocycles. The van der Waals surface area contributed by atoms with Crippen molar-refractivity contribution >= 4 is 34.7 Å². The van der Waals surface area contributed by atoms with Crippen LogP contribution in [-0.4, -0.2) is 5.75 Å². The van der Waals surface area contributed by atoms with Crippen molar-refractivity contribution in [2.75, 3.05) is 5.75 Å². The van der Waals surface area contributed by atoms with E-state index in [9.17, 15) is 0 Å². The Labute approximate surface area is 80.3 Å². The normalized spacial score (nSPS) is 11.1. The van der Waals surface area contributed by atoms with Crippen molar-refractivity contribution < 1.29 is 0 Å². The first-order chi connectivity index (χ1) is 5.33. The van der Waals surface area contributed by atoms with Crippen LogP contribution in [0.3, 0.4) is 0 Å². The molecule has 0 saturated heterocycles. The van der Waals surface area contributed by atoms with E-state index in [-0.39, 0.29) is 0 Å². The van der Waals surface area contributed by atoms with Crippen LogP contribution in [0.15, 0.2) is 28.5 Å². The minimum absolute atomic E-state index is 0.868. The monoisotopic (exact) mass is 204 g/mol. The van der Waals surface area contributed by atoms with Crippen molar-refractivity contribution in [3.63, 3.8) is 0 Å². The zero-order valence-corrected chi connectivity index (χ0v) is 8.60. The highest BCUT2D eigenvalue weighted by atomic mass is 35.5. The molecule has 0 aliphatic rings. The Kier molecular flexibility index (Phi) is 4.05. The molecule has 0 spiro atoms. The number of allylic oxidation sites excluding steroid dienone is 1. The molecule has 0 aliphatic carbocycles. The second-order valence-electron chi connectivity index (χ2n) is 1.94. The van der Waals surface area contributed by atoms with Crippen molar-refractivity contribution in [3.05, 3.63) is 28.6 Å². The smallest absolute Gasteiger partial charge is 0.0940 e. The molecule has 0 unspecified atom stereocenters. The van der Waals surface area contributed by atoms with Crippen molar-refractivity contribution in [2.45, 2.75) is 11.1 Å². The van der Waals surface area contributed by atoms with Crippen LogP contribution in [0.2, 0.25) is 4.34 Å². The van der Waals surface area contributed by atoms with Crippen molar-refractivity contribution in [3.8, 4) is 0 Å². The summed E-state index contributed by atoms with van der Waals surface area (Å²) in [4.78, 5) is 0.